The number of rotatable bonds is 4. The van der Waals surface area contributed by atoms with Gasteiger partial charge in [-0.1, -0.05) is 17.7 Å². The number of aliphatic carboxylic acids is 1. The lowest BCUT2D eigenvalue weighted by atomic mass is 10.1. The second-order valence-corrected chi connectivity index (χ2v) is 4.70. The van der Waals surface area contributed by atoms with Gasteiger partial charge in [0.2, 0.25) is 0 Å². The summed E-state index contributed by atoms with van der Waals surface area (Å²) in [6.45, 7) is -0.588. The van der Waals surface area contributed by atoms with Gasteiger partial charge in [-0.05, 0) is 23.8 Å². The van der Waals surface area contributed by atoms with Crippen molar-refractivity contribution in [3.8, 4) is 16.9 Å². The summed E-state index contributed by atoms with van der Waals surface area (Å²) in [7, 11) is 0. The van der Waals surface area contributed by atoms with Crippen molar-refractivity contribution in [3.05, 3.63) is 47.0 Å². The van der Waals surface area contributed by atoms with Crippen LogP contribution in [0.3, 0.4) is 0 Å². The van der Waals surface area contributed by atoms with Gasteiger partial charge in [0, 0.05) is 11.8 Å². The van der Waals surface area contributed by atoms with Crippen LogP contribution < -0.4 is 5.32 Å². The first-order valence-corrected chi connectivity index (χ1v) is 6.40. The minimum absolute atomic E-state index is 0.0831. The molecule has 1 heterocycles. The summed E-state index contributed by atoms with van der Waals surface area (Å²) in [5.74, 6) is -3.04. The summed E-state index contributed by atoms with van der Waals surface area (Å²) in [6.07, 6.45) is 1.29. The Kier molecular flexibility index (Phi) is 4.57. The molecule has 114 valence electrons. The Hall–Kier alpha value is -2.67. The van der Waals surface area contributed by atoms with Crippen molar-refractivity contribution in [2.24, 2.45) is 0 Å². The second kappa shape index (κ2) is 6.40. The van der Waals surface area contributed by atoms with E-state index in [4.69, 9.17) is 16.7 Å². The van der Waals surface area contributed by atoms with Crippen molar-refractivity contribution in [1.82, 2.24) is 10.3 Å². The third-order valence-corrected chi connectivity index (χ3v) is 3.03. The van der Waals surface area contributed by atoms with Crippen LogP contribution in [0.15, 0.2) is 30.5 Å². The summed E-state index contributed by atoms with van der Waals surface area (Å²) in [6, 6.07) is 5.23. The summed E-state index contributed by atoms with van der Waals surface area (Å²) in [4.78, 5) is 25.8. The number of hydrogen-bond donors (Lipinski definition) is 3. The lowest BCUT2D eigenvalue weighted by molar-refractivity contribution is -0.135. The van der Waals surface area contributed by atoms with Crippen LogP contribution in [0.25, 0.3) is 11.1 Å². The predicted octanol–water partition coefficient (Wildman–Crippen LogP) is 2.06. The van der Waals surface area contributed by atoms with E-state index in [1.165, 1.54) is 30.5 Å². The zero-order valence-electron chi connectivity index (χ0n) is 11.0. The van der Waals surface area contributed by atoms with E-state index in [0.29, 0.717) is 11.1 Å². The van der Waals surface area contributed by atoms with E-state index in [0.717, 1.165) is 0 Å². The summed E-state index contributed by atoms with van der Waals surface area (Å²) < 4.78 is 13.1. The number of halogens is 2. The molecule has 0 unspecified atom stereocenters. The fourth-order valence-corrected chi connectivity index (χ4v) is 1.88. The smallest absolute Gasteiger partial charge is 0.322 e. The number of carboxylic acid groups (broad SMARTS) is 1. The molecule has 0 bridgehead atoms. The Morgan fingerprint density at radius 2 is 2.00 bits per heavy atom. The topological polar surface area (TPSA) is 99.5 Å². The molecule has 0 aliphatic heterocycles. The van der Waals surface area contributed by atoms with Crippen LogP contribution in [0.4, 0.5) is 4.39 Å². The van der Waals surface area contributed by atoms with Crippen LogP contribution in [0.1, 0.15) is 10.5 Å². The van der Waals surface area contributed by atoms with Crippen LogP contribution in [0.2, 0.25) is 5.02 Å². The van der Waals surface area contributed by atoms with Crippen LogP contribution in [-0.2, 0) is 4.79 Å². The summed E-state index contributed by atoms with van der Waals surface area (Å²) >= 11 is 5.68. The molecule has 6 nitrogen and oxygen atoms in total. The van der Waals surface area contributed by atoms with Crippen molar-refractivity contribution in [1.29, 1.82) is 0 Å². The number of carboxylic acids is 1. The highest BCUT2D eigenvalue weighted by atomic mass is 35.5. The number of nitrogens with zero attached hydrogens (tertiary/aromatic N) is 1. The Balaban J connectivity index is 2.27. The Morgan fingerprint density at radius 3 is 2.59 bits per heavy atom. The van der Waals surface area contributed by atoms with Gasteiger partial charge in [-0.15, -0.1) is 0 Å². The average Bonchev–Trinajstić information content (AvgIpc) is 2.47. The van der Waals surface area contributed by atoms with Gasteiger partial charge in [0.15, 0.2) is 5.69 Å². The number of hydrogen-bond acceptors (Lipinski definition) is 4. The Labute approximate surface area is 129 Å². The number of pyridine rings is 1. The molecule has 0 saturated heterocycles. The highest BCUT2D eigenvalue weighted by molar-refractivity contribution is 6.31. The van der Waals surface area contributed by atoms with Crippen molar-refractivity contribution in [2.45, 2.75) is 0 Å². The fourth-order valence-electron chi connectivity index (χ4n) is 1.70. The van der Waals surface area contributed by atoms with Crippen LogP contribution in [0, 0.1) is 5.82 Å². The number of benzene rings is 1. The van der Waals surface area contributed by atoms with Crippen molar-refractivity contribution >= 4 is 23.5 Å². The Morgan fingerprint density at radius 1 is 1.27 bits per heavy atom. The van der Waals surface area contributed by atoms with E-state index >= 15 is 0 Å². The maximum absolute atomic E-state index is 13.1. The van der Waals surface area contributed by atoms with Crippen molar-refractivity contribution < 1.29 is 24.2 Å². The van der Waals surface area contributed by atoms with Gasteiger partial charge in [-0.3, -0.25) is 9.59 Å². The van der Waals surface area contributed by atoms with Gasteiger partial charge in [0.05, 0.1) is 5.02 Å². The molecule has 0 aliphatic rings. The Bertz CT molecular complexity index is 752. The number of carbonyl (C=O) groups excluding carboxylic acids is 1. The van der Waals surface area contributed by atoms with Gasteiger partial charge in [0.1, 0.15) is 18.1 Å². The van der Waals surface area contributed by atoms with E-state index in [-0.39, 0.29) is 10.7 Å². The highest BCUT2D eigenvalue weighted by Gasteiger charge is 2.15. The fraction of sp³-hybridized carbons (Fsp3) is 0.0714. The molecule has 0 fully saturated rings. The lowest BCUT2D eigenvalue weighted by Gasteiger charge is -2.07. The molecule has 1 aromatic heterocycles. The highest BCUT2D eigenvalue weighted by Crippen LogP contribution is 2.27. The number of aromatic nitrogens is 1. The minimum Gasteiger partial charge on any atom is -0.505 e. The largest absolute Gasteiger partial charge is 0.505 e. The third-order valence-electron chi connectivity index (χ3n) is 2.74. The molecular weight excluding hydrogens is 315 g/mol. The first-order chi connectivity index (χ1) is 10.4. The van der Waals surface area contributed by atoms with Gasteiger partial charge >= 0.3 is 5.97 Å². The average molecular weight is 325 g/mol. The van der Waals surface area contributed by atoms with Gasteiger partial charge < -0.3 is 15.5 Å². The van der Waals surface area contributed by atoms with Crippen molar-refractivity contribution in [2.75, 3.05) is 6.54 Å². The zero-order valence-corrected chi connectivity index (χ0v) is 11.8. The van der Waals surface area contributed by atoms with E-state index in [9.17, 15) is 19.1 Å². The van der Waals surface area contributed by atoms with E-state index in [1.807, 2.05) is 0 Å². The third kappa shape index (κ3) is 3.50. The molecule has 0 spiro atoms. The van der Waals surface area contributed by atoms with Crippen LogP contribution in [0.5, 0.6) is 5.75 Å². The van der Waals surface area contributed by atoms with Gasteiger partial charge in [-0.25, -0.2) is 9.37 Å². The molecule has 2 aromatic rings. The van der Waals surface area contributed by atoms with Gasteiger partial charge in [-0.2, -0.15) is 0 Å². The molecule has 3 N–H and O–H groups in total. The molecule has 8 heteroatoms. The first kappa shape index (κ1) is 15.7. The zero-order chi connectivity index (χ0) is 16.3. The van der Waals surface area contributed by atoms with Crippen molar-refractivity contribution in [3.63, 3.8) is 0 Å². The molecule has 2 rings (SSSR count). The standard InChI is InChI=1S/C14H10ClFN2O4/c15-9-3-7(1-2-10(9)16)8-4-11(19)13(17-5-8)14(22)18-6-12(20)21/h1-5,19H,6H2,(H,18,22)(H,20,21). The second-order valence-electron chi connectivity index (χ2n) is 4.30. The molecule has 0 saturated carbocycles. The maximum atomic E-state index is 13.1. The number of carbonyl (C=O) groups is 2. The quantitative estimate of drug-likeness (QED) is 0.799. The molecule has 0 aliphatic carbocycles. The predicted molar refractivity (Wildman–Crippen MR) is 76.3 cm³/mol. The number of aromatic hydroxyl groups is 1. The molecule has 1 amide bonds. The maximum Gasteiger partial charge on any atom is 0.322 e. The monoisotopic (exact) mass is 324 g/mol. The summed E-state index contributed by atoms with van der Waals surface area (Å²) in [5.41, 5.74) is 0.624. The molecule has 0 radical (unpaired) electrons. The number of amides is 1. The van der Waals surface area contributed by atoms with E-state index in [2.05, 4.69) is 10.3 Å². The molecule has 0 atom stereocenters. The minimum atomic E-state index is -1.22. The lowest BCUT2D eigenvalue weighted by Crippen LogP contribution is -2.29. The summed E-state index contributed by atoms with van der Waals surface area (Å²) in [5, 5.41) is 20.3. The molecular formula is C14H10ClFN2O4. The normalized spacial score (nSPS) is 10.3. The number of nitrogens with one attached hydrogen (secondary N) is 1. The van der Waals surface area contributed by atoms with Gasteiger partial charge in [0.25, 0.3) is 5.91 Å². The molecule has 22 heavy (non-hydrogen) atoms. The van der Waals surface area contributed by atoms with Crippen LogP contribution >= 0.6 is 11.6 Å². The van der Waals surface area contributed by atoms with E-state index < -0.39 is 30.0 Å². The SMILES string of the molecule is O=C(O)CNC(=O)c1ncc(-c2ccc(F)c(Cl)c2)cc1O. The van der Waals surface area contributed by atoms with Crippen LogP contribution in [-0.4, -0.2) is 33.6 Å². The first-order valence-electron chi connectivity index (χ1n) is 6.03. The molecule has 1 aromatic carbocycles. The van der Waals surface area contributed by atoms with E-state index in [1.54, 1.807) is 0 Å².